The monoisotopic (exact) mass is 440 g/mol. The Morgan fingerprint density at radius 1 is 0.923 bits per heavy atom. The molecule has 0 spiro atoms. The Bertz CT molecular complexity index is 607. The van der Waals surface area contributed by atoms with E-state index in [1.807, 2.05) is 19.1 Å². The van der Waals surface area contributed by atoms with Gasteiger partial charge in [0, 0.05) is 6.61 Å². The normalized spacial score (nSPS) is 10.4. The highest BCUT2D eigenvalue weighted by molar-refractivity contribution is 6.56. The van der Waals surface area contributed by atoms with E-state index in [9.17, 15) is 0 Å². The SMILES string of the molecule is CCc1cc(OCC=C(Cl)Cl)cc(C)c1OCCCCOCC=C(Cl)Cl. The fourth-order valence-electron chi connectivity index (χ4n) is 2.25. The minimum Gasteiger partial charge on any atom is -0.493 e. The van der Waals surface area contributed by atoms with E-state index in [2.05, 4.69) is 6.92 Å². The zero-order valence-corrected chi connectivity index (χ0v) is 18.0. The van der Waals surface area contributed by atoms with Crippen LogP contribution in [0.3, 0.4) is 0 Å². The molecule has 1 aromatic carbocycles. The molecule has 0 unspecified atom stereocenters. The number of unbranched alkanes of at least 4 members (excludes halogenated alkanes) is 1. The van der Waals surface area contributed by atoms with E-state index >= 15 is 0 Å². The van der Waals surface area contributed by atoms with Crippen LogP contribution >= 0.6 is 46.4 Å². The van der Waals surface area contributed by atoms with Crippen molar-refractivity contribution in [3.05, 3.63) is 44.4 Å². The molecule has 7 heteroatoms. The van der Waals surface area contributed by atoms with Gasteiger partial charge in [0.2, 0.25) is 0 Å². The molecule has 0 bridgehead atoms. The fourth-order valence-corrected chi connectivity index (χ4v) is 2.50. The molecule has 0 aliphatic rings. The van der Waals surface area contributed by atoms with Gasteiger partial charge in [-0.05, 0) is 61.6 Å². The molecule has 146 valence electrons. The van der Waals surface area contributed by atoms with Gasteiger partial charge in [0.05, 0.1) is 13.2 Å². The van der Waals surface area contributed by atoms with E-state index in [1.54, 1.807) is 12.2 Å². The average molecular weight is 442 g/mol. The molecule has 1 rings (SSSR count). The highest BCUT2D eigenvalue weighted by Crippen LogP contribution is 2.30. The van der Waals surface area contributed by atoms with Gasteiger partial charge in [0.25, 0.3) is 0 Å². The second kappa shape index (κ2) is 13.6. The summed E-state index contributed by atoms with van der Waals surface area (Å²) < 4.78 is 17.5. The lowest BCUT2D eigenvalue weighted by molar-refractivity contribution is 0.152. The molecule has 0 heterocycles. The quantitative estimate of drug-likeness (QED) is 0.335. The molecular formula is C19H24Cl4O3. The van der Waals surface area contributed by atoms with Crippen LogP contribution in [-0.2, 0) is 11.2 Å². The molecule has 0 saturated carbocycles. The molecule has 0 N–H and O–H groups in total. The molecule has 26 heavy (non-hydrogen) atoms. The largest absolute Gasteiger partial charge is 0.493 e. The van der Waals surface area contributed by atoms with E-state index in [1.165, 1.54) is 0 Å². The number of benzene rings is 1. The van der Waals surface area contributed by atoms with Crippen molar-refractivity contribution in [2.45, 2.75) is 33.1 Å². The van der Waals surface area contributed by atoms with Gasteiger partial charge in [-0.1, -0.05) is 53.3 Å². The van der Waals surface area contributed by atoms with Gasteiger partial charge >= 0.3 is 0 Å². The second-order valence-electron chi connectivity index (χ2n) is 5.51. The molecular weight excluding hydrogens is 418 g/mol. The Balaban J connectivity index is 2.46. The van der Waals surface area contributed by atoms with E-state index in [-0.39, 0.29) is 8.98 Å². The molecule has 0 atom stereocenters. The van der Waals surface area contributed by atoms with Gasteiger partial charge in [-0.25, -0.2) is 0 Å². The Labute approximate surface area is 175 Å². The van der Waals surface area contributed by atoms with Gasteiger partial charge in [0.1, 0.15) is 27.1 Å². The minimum atomic E-state index is 0.197. The van der Waals surface area contributed by atoms with Crippen LogP contribution in [0.1, 0.15) is 30.9 Å². The molecule has 0 aromatic heterocycles. The number of hydrogen-bond acceptors (Lipinski definition) is 3. The number of hydrogen-bond donors (Lipinski definition) is 0. The summed E-state index contributed by atoms with van der Waals surface area (Å²) in [6, 6.07) is 3.94. The molecule has 0 radical (unpaired) electrons. The summed E-state index contributed by atoms with van der Waals surface area (Å²) in [6.07, 6.45) is 5.89. The summed E-state index contributed by atoms with van der Waals surface area (Å²) in [7, 11) is 0. The highest BCUT2D eigenvalue weighted by atomic mass is 35.5. The minimum absolute atomic E-state index is 0.197. The smallest absolute Gasteiger partial charge is 0.125 e. The summed E-state index contributed by atoms with van der Waals surface area (Å²) in [6.45, 7) is 6.13. The number of ether oxygens (including phenoxy) is 3. The zero-order chi connectivity index (χ0) is 19.4. The van der Waals surface area contributed by atoms with Crippen molar-refractivity contribution >= 4 is 46.4 Å². The van der Waals surface area contributed by atoms with Crippen LogP contribution in [-0.4, -0.2) is 26.4 Å². The lowest BCUT2D eigenvalue weighted by Gasteiger charge is -2.15. The van der Waals surface area contributed by atoms with Crippen LogP contribution in [0.15, 0.2) is 33.3 Å². The van der Waals surface area contributed by atoms with Gasteiger partial charge in [0.15, 0.2) is 0 Å². The van der Waals surface area contributed by atoms with E-state index in [4.69, 9.17) is 60.6 Å². The Hall–Kier alpha value is -0.580. The maximum atomic E-state index is 5.98. The van der Waals surface area contributed by atoms with Crippen LogP contribution in [0.25, 0.3) is 0 Å². The first-order valence-electron chi connectivity index (χ1n) is 8.43. The van der Waals surface area contributed by atoms with Gasteiger partial charge < -0.3 is 14.2 Å². The third kappa shape index (κ3) is 9.94. The fraction of sp³-hybridized carbons (Fsp3) is 0.474. The summed E-state index contributed by atoms with van der Waals surface area (Å²) in [4.78, 5) is 0. The zero-order valence-electron chi connectivity index (χ0n) is 15.0. The Morgan fingerprint density at radius 2 is 1.58 bits per heavy atom. The lowest BCUT2D eigenvalue weighted by atomic mass is 10.1. The van der Waals surface area contributed by atoms with Crippen molar-refractivity contribution in [1.82, 2.24) is 0 Å². The lowest BCUT2D eigenvalue weighted by Crippen LogP contribution is -2.05. The summed E-state index contributed by atoms with van der Waals surface area (Å²) in [5, 5.41) is 0. The van der Waals surface area contributed by atoms with Crippen molar-refractivity contribution < 1.29 is 14.2 Å². The summed E-state index contributed by atoms with van der Waals surface area (Å²) in [5.74, 6) is 1.69. The molecule has 0 aliphatic heterocycles. The van der Waals surface area contributed by atoms with Crippen LogP contribution < -0.4 is 9.47 Å². The summed E-state index contributed by atoms with van der Waals surface area (Å²) in [5.41, 5.74) is 2.15. The van der Waals surface area contributed by atoms with E-state index in [0.717, 1.165) is 41.9 Å². The van der Waals surface area contributed by atoms with Crippen LogP contribution in [0, 0.1) is 6.92 Å². The standard InChI is InChI=1S/C19H24Cl4O3/c1-3-15-13-16(25-11-7-18(22)23)12-14(2)19(15)26-9-5-4-8-24-10-6-17(20)21/h6-7,12-13H,3-5,8-11H2,1-2H3. The number of aryl methyl sites for hydroxylation is 2. The van der Waals surface area contributed by atoms with Crippen LogP contribution in [0.5, 0.6) is 11.5 Å². The average Bonchev–Trinajstić information content (AvgIpc) is 2.57. The first-order valence-corrected chi connectivity index (χ1v) is 9.94. The first-order chi connectivity index (χ1) is 12.4. The van der Waals surface area contributed by atoms with E-state index in [0.29, 0.717) is 26.4 Å². The molecule has 0 saturated heterocycles. The molecule has 0 fully saturated rings. The van der Waals surface area contributed by atoms with Crippen molar-refractivity contribution in [3.8, 4) is 11.5 Å². The molecule has 0 aliphatic carbocycles. The summed E-state index contributed by atoms with van der Waals surface area (Å²) >= 11 is 22.2. The first kappa shape index (κ1) is 23.5. The number of halogens is 4. The van der Waals surface area contributed by atoms with Gasteiger partial charge in [-0.15, -0.1) is 0 Å². The Morgan fingerprint density at radius 3 is 2.23 bits per heavy atom. The van der Waals surface area contributed by atoms with Gasteiger partial charge in [-0.2, -0.15) is 0 Å². The van der Waals surface area contributed by atoms with Crippen molar-refractivity contribution in [3.63, 3.8) is 0 Å². The predicted octanol–water partition coefficient (Wildman–Crippen LogP) is 6.75. The molecule has 1 aromatic rings. The maximum absolute atomic E-state index is 5.98. The predicted molar refractivity (Wildman–Crippen MR) is 111 cm³/mol. The topological polar surface area (TPSA) is 27.7 Å². The van der Waals surface area contributed by atoms with Crippen molar-refractivity contribution in [1.29, 1.82) is 0 Å². The second-order valence-corrected chi connectivity index (χ2v) is 7.53. The van der Waals surface area contributed by atoms with Crippen molar-refractivity contribution in [2.24, 2.45) is 0 Å². The molecule has 3 nitrogen and oxygen atoms in total. The van der Waals surface area contributed by atoms with Crippen molar-refractivity contribution in [2.75, 3.05) is 26.4 Å². The number of rotatable bonds is 12. The Kier molecular flexibility index (Phi) is 12.2. The third-order valence-electron chi connectivity index (χ3n) is 3.48. The van der Waals surface area contributed by atoms with Crippen LogP contribution in [0.4, 0.5) is 0 Å². The van der Waals surface area contributed by atoms with Crippen LogP contribution in [0.2, 0.25) is 0 Å². The maximum Gasteiger partial charge on any atom is 0.125 e. The molecule has 0 amide bonds. The highest BCUT2D eigenvalue weighted by Gasteiger charge is 2.09. The van der Waals surface area contributed by atoms with E-state index < -0.39 is 0 Å². The third-order valence-corrected chi connectivity index (χ3v) is 4.10. The van der Waals surface area contributed by atoms with Gasteiger partial charge in [-0.3, -0.25) is 0 Å².